The summed E-state index contributed by atoms with van der Waals surface area (Å²) in [5, 5.41) is 1.19. The minimum atomic E-state index is 1.15. The van der Waals surface area contributed by atoms with Crippen LogP contribution >= 0.6 is 11.3 Å². The van der Waals surface area contributed by atoms with Gasteiger partial charge in [-0.15, -0.1) is 0 Å². The first-order valence-corrected chi connectivity index (χ1v) is 4.69. The van der Waals surface area contributed by atoms with Crippen LogP contribution in [0.2, 0.25) is 0 Å². The van der Waals surface area contributed by atoms with Gasteiger partial charge in [0, 0.05) is 0 Å². The van der Waals surface area contributed by atoms with Crippen LogP contribution in [0.15, 0.2) is 6.20 Å². The van der Waals surface area contributed by atoms with E-state index < -0.39 is 0 Å². The standard InChI is InChI=1S/C4H4NS.Pb/c1-4-5-2-3-6-4;/h2H,1H3;. The van der Waals surface area contributed by atoms with Gasteiger partial charge in [-0.3, -0.25) is 0 Å². The number of aryl methyl sites for hydroxylation is 1. The van der Waals surface area contributed by atoms with E-state index >= 15 is 0 Å². The third-order valence-corrected chi connectivity index (χ3v) is 3.04. The monoisotopic (exact) mass is 306 g/mol. The van der Waals surface area contributed by atoms with Gasteiger partial charge in [0.05, 0.1) is 0 Å². The van der Waals surface area contributed by atoms with E-state index in [1.807, 2.05) is 13.1 Å². The van der Waals surface area contributed by atoms with Gasteiger partial charge in [0.15, 0.2) is 0 Å². The van der Waals surface area contributed by atoms with Crippen molar-refractivity contribution >= 4 is 39.5 Å². The average Bonchev–Trinajstić information content (AvgIpc) is 1.87. The minimum absolute atomic E-state index is 1.15. The van der Waals surface area contributed by atoms with Crippen LogP contribution in [-0.2, 0) is 0 Å². The van der Waals surface area contributed by atoms with Crippen molar-refractivity contribution in [2.75, 3.05) is 0 Å². The van der Waals surface area contributed by atoms with Crippen LogP contribution in [0.5, 0.6) is 0 Å². The normalized spacial score (nSPS) is 9.43. The van der Waals surface area contributed by atoms with Gasteiger partial charge in [-0.1, -0.05) is 0 Å². The molecule has 1 rings (SSSR count). The molecular weight excluding hydrogens is 301 g/mol. The number of hydrogen-bond acceptors (Lipinski definition) is 2. The second kappa shape index (κ2) is 2.21. The molecule has 1 aromatic heterocycles. The molecule has 0 fully saturated rings. The van der Waals surface area contributed by atoms with Crippen molar-refractivity contribution in [3.05, 3.63) is 11.2 Å². The van der Waals surface area contributed by atoms with Crippen molar-refractivity contribution in [2.45, 2.75) is 6.92 Å². The van der Waals surface area contributed by atoms with Crippen molar-refractivity contribution in [2.24, 2.45) is 0 Å². The summed E-state index contributed by atoms with van der Waals surface area (Å²) < 4.78 is 1.43. The van der Waals surface area contributed by atoms with E-state index in [9.17, 15) is 0 Å². The van der Waals surface area contributed by atoms with Gasteiger partial charge in [-0.05, 0) is 0 Å². The summed E-state index contributed by atoms with van der Waals surface area (Å²) >= 11 is 2.94. The molecule has 3 heteroatoms. The first kappa shape index (κ1) is 5.68. The Morgan fingerprint density at radius 3 is 2.71 bits per heavy atom. The molecule has 35 valence electrons. The molecule has 7 heavy (non-hydrogen) atoms. The van der Waals surface area contributed by atoms with Gasteiger partial charge in [0.2, 0.25) is 0 Å². The summed E-state index contributed by atoms with van der Waals surface area (Å²) in [5.74, 6) is 0. The van der Waals surface area contributed by atoms with Crippen LogP contribution in [0.3, 0.4) is 0 Å². The Morgan fingerprint density at radius 1 is 1.86 bits per heavy atom. The van der Waals surface area contributed by atoms with Crippen LogP contribution in [0.25, 0.3) is 0 Å². The van der Waals surface area contributed by atoms with Gasteiger partial charge in [-0.2, -0.15) is 0 Å². The fraction of sp³-hybridized carbons (Fsp3) is 0.250. The van der Waals surface area contributed by atoms with Gasteiger partial charge in [0.25, 0.3) is 0 Å². The molecule has 0 aromatic carbocycles. The zero-order valence-corrected chi connectivity index (χ0v) is 8.64. The molecule has 0 unspecified atom stereocenters. The fourth-order valence-electron chi connectivity index (χ4n) is 0.361. The van der Waals surface area contributed by atoms with Crippen LogP contribution in [0.4, 0.5) is 0 Å². The van der Waals surface area contributed by atoms with E-state index in [1.165, 1.54) is 7.44 Å². The topological polar surface area (TPSA) is 12.9 Å². The number of rotatable bonds is 0. The summed E-state index contributed by atoms with van der Waals surface area (Å²) in [4.78, 5) is 4.07. The van der Waals surface area contributed by atoms with Crippen LogP contribution in [0.1, 0.15) is 5.01 Å². The molecule has 0 N–H and O–H groups in total. The van der Waals surface area contributed by atoms with Crippen LogP contribution in [-0.4, -0.2) is 30.8 Å². The van der Waals surface area contributed by atoms with Crippen molar-refractivity contribution in [1.82, 2.24) is 4.98 Å². The Morgan fingerprint density at radius 2 is 2.57 bits per heavy atom. The quantitative estimate of drug-likeness (QED) is 0.626. The summed E-state index contributed by atoms with van der Waals surface area (Å²) in [6.45, 7) is 2.03. The molecule has 0 amide bonds. The SMILES string of the molecule is Cc1nc[c]([Pb])s1. The van der Waals surface area contributed by atoms with Gasteiger partial charge < -0.3 is 0 Å². The van der Waals surface area contributed by atoms with Crippen molar-refractivity contribution in [3.8, 4) is 0 Å². The zero-order chi connectivity index (χ0) is 5.28. The molecule has 0 saturated heterocycles. The number of hydrogen-bond donors (Lipinski definition) is 0. The second-order valence-electron chi connectivity index (χ2n) is 1.24. The Hall–Kier alpha value is 0.552. The number of nitrogens with zero attached hydrogens (tertiary/aromatic N) is 1. The van der Waals surface area contributed by atoms with Gasteiger partial charge in [-0.25, -0.2) is 0 Å². The molecule has 0 aliphatic carbocycles. The van der Waals surface area contributed by atoms with Gasteiger partial charge in [0.1, 0.15) is 0 Å². The third-order valence-electron chi connectivity index (χ3n) is 0.621. The molecule has 0 bridgehead atoms. The Balaban J connectivity index is 3.04. The third kappa shape index (κ3) is 1.49. The molecular formula is C4H4NPbS. The molecule has 0 aliphatic rings. The van der Waals surface area contributed by atoms with E-state index in [2.05, 4.69) is 4.98 Å². The van der Waals surface area contributed by atoms with E-state index in [0.29, 0.717) is 0 Å². The second-order valence-corrected chi connectivity index (χ2v) is 5.98. The maximum atomic E-state index is 4.07. The molecule has 0 saturated carbocycles. The Bertz CT molecular complexity index is 144. The van der Waals surface area contributed by atoms with E-state index in [0.717, 1.165) is 25.8 Å². The molecule has 1 nitrogen and oxygen atoms in total. The molecule has 0 aliphatic heterocycles. The average molecular weight is 305 g/mol. The Labute approximate surface area is 62.5 Å². The first-order chi connectivity index (χ1) is 3.29. The molecule has 3 radical (unpaired) electrons. The molecule has 1 heterocycles. The van der Waals surface area contributed by atoms with Crippen molar-refractivity contribution in [1.29, 1.82) is 0 Å². The van der Waals surface area contributed by atoms with E-state index in [4.69, 9.17) is 0 Å². The molecule has 1 aromatic rings. The predicted octanol–water partition coefficient (Wildman–Crippen LogP) is 0.245. The summed E-state index contributed by atoms with van der Waals surface area (Å²) in [7, 11) is 0. The van der Waals surface area contributed by atoms with E-state index in [-0.39, 0.29) is 0 Å². The summed E-state index contributed by atoms with van der Waals surface area (Å²) in [5.41, 5.74) is 0. The zero-order valence-electron chi connectivity index (χ0n) is 3.93. The van der Waals surface area contributed by atoms with Gasteiger partial charge >= 0.3 is 62.7 Å². The predicted molar refractivity (Wildman–Crippen MR) is 32.2 cm³/mol. The molecule has 0 atom stereocenters. The summed E-state index contributed by atoms with van der Waals surface area (Å²) in [6, 6.07) is 0. The first-order valence-electron chi connectivity index (χ1n) is 1.93. The maximum absolute atomic E-state index is 4.07. The fourth-order valence-corrected chi connectivity index (χ4v) is 2.86. The van der Waals surface area contributed by atoms with Crippen molar-refractivity contribution < 1.29 is 0 Å². The van der Waals surface area contributed by atoms with E-state index in [1.54, 1.807) is 11.3 Å². The Kier molecular flexibility index (Phi) is 1.80. The van der Waals surface area contributed by atoms with Crippen LogP contribution in [0, 0.1) is 6.92 Å². The summed E-state index contributed by atoms with van der Waals surface area (Å²) in [6.07, 6.45) is 1.95. The molecule has 0 spiro atoms. The van der Waals surface area contributed by atoms with Crippen LogP contribution < -0.4 is 2.44 Å². The number of thiazole rings is 1. The number of aromatic nitrogens is 1. The van der Waals surface area contributed by atoms with Crippen molar-refractivity contribution in [3.63, 3.8) is 0 Å².